The zero-order valence-corrected chi connectivity index (χ0v) is 12.2. The predicted octanol–water partition coefficient (Wildman–Crippen LogP) is 3.99. The predicted molar refractivity (Wildman–Crippen MR) is 75.9 cm³/mol. The summed E-state index contributed by atoms with van der Waals surface area (Å²) in [5.41, 5.74) is 2.24. The van der Waals surface area contributed by atoms with Gasteiger partial charge in [0.2, 0.25) is 0 Å². The van der Waals surface area contributed by atoms with Crippen molar-refractivity contribution in [1.82, 2.24) is 0 Å². The van der Waals surface area contributed by atoms with Crippen LogP contribution in [0, 0.1) is 12.7 Å². The van der Waals surface area contributed by atoms with E-state index in [-0.39, 0.29) is 5.75 Å². The lowest BCUT2D eigenvalue weighted by Crippen LogP contribution is -2.02. The topological polar surface area (TPSA) is 29.5 Å². The van der Waals surface area contributed by atoms with E-state index in [1.807, 2.05) is 25.1 Å². The maximum absolute atomic E-state index is 13.7. The molecule has 2 aromatic rings. The molecule has 0 heterocycles. The van der Waals surface area contributed by atoms with Crippen molar-refractivity contribution < 1.29 is 14.2 Å². The number of aryl methyl sites for hydroxylation is 1. The molecule has 0 amide bonds. The average Bonchev–Trinajstić information content (AvgIpc) is 2.40. The summed E-state index contributed by atoms with van der Waals surface area (Å²) < 4.78 is 19.3. The fourth-order valence-electron chi connectivity index (χ4n) is 1.90. The van der Waals surface area contributed by atoms with Crippen LogP contribution in [0.4, 0.5) is 4.39 Å². The highest BCUT2D eigenvalue weighted by Crippen LogP contribution is 2.31. The van der Waals surface area contributed by atoms with Gasteiger partial charge in [-0.25, -0.2) is 4.39 Å². The first kappa shape index (κ1) is 14.0. The van der Waals surface area contributed by atoms with Gasteiger partial charge in [-0.05, 0) is 36.2 Å². The molecule has 1 N–H and O–H groups in total. The molecule has 2 nitrogen and oxygen atoms in total. The summed E-state index contributed by atoms with van der Waals surface area (Å²) in [6.45, 7) is 1.94. The van der Waals surface area contributed by atoms with Crippen molar-refractivity contribution in [3.8, 4) is 5.75 Å². The van der Waals surface area contributed by atoms with Gasteiger partial charge in [-0.1, -0.05) is 39.7 Å². The van der Waals surface area contributed by atoms with Crippen LogP contribution in [0.3, 0.4) is 0 Å². The van der Waals surface area contributed by atoms with Crippen LogP contribution in [-0.4, -0.2) is 12.2 Å². The molecule has 0 aromatic heterocycles. The molecule has 19 heavy (non-hydrogen) atoms. The quantitative estimate of drug-likeness (QED) is 0.925. The zero-order chi connectivity index (χ0) is 14.0. The minimum absolute atomic E-state index is 0.166. The summed E-state index contributed by atoms with van der Waals surface area (Å²) in [5.74, 6) is -0.318. The molecule has 1 atom stereocenters. The molecule has 0 fully saturated rings. The number of aliphatic hydroxyl groups is 1. The van der Waals surface area contributed by atoms with E-state index in [2.05, 4.69) is 15.9 Å². The minimum Gasteiger partial charge on any atom is -0.494 e. The molecule has 0 saturated heterocycles. The van der Waals surface area contributed by atoms with Crippen molar-refractivity contribution in [2.24, 2.45) is 0 Å². The number of ether oxygens (including phenoxy) is 1. The molecule has 0 bridgehead atoms. The Labute approximate surface area is 120 Å². The van der Waals surface area contributed by atoms with Gasteiger partial charge in [0.1, 0.15) is 6.10 Å². The van der Waals surface area contributed by atoms with E-state index in [0.29, 0.717) is 11.1 Å². The second-order valence-corrected chi connectivity index (χ2v) is 5.18. The maximum Gasteiger partial charge on any atom is 0.165 e. The van der Waals surface area contributed by atoms with Crippen LogP contribution >= 0.6 is 15.9 Å². The van der Waals surface area contributed by atoms with E-state index in [1.165, 1.54) is 19.2 Å². The van der Waals surface area contributed by atoms with Crippen molar-refractivity contribution in [3.63, 3.8) is 0 Å². The van der Waals surface area contributed by atoms with Crippen molar-refractivity contribution in [2.75, 3.05) is 7.11 Å². The lowest BCUT2D eigenvalue weighted by atomic mass is 10.00. The molecule has 0 aliphatic carbocycles. The molecule has 100 valence electrons. The van der Waals surface area contributed by atoms with Gasteiger partial charge in [0.15, 0.2) is 11.6 Å². The summed E-state index contributed by atoms with van der Waals surface area (Å²) in [5, 5.41) is 10.3. The molecule has 0 radical (unpaired) electrons. The standard InChI is InChI=1S/C15H14BrFO2/c1-9-3-5-12(16)11(7-9)15(18)10-4-6-14(19-2)13(17)8-10/h3-8,15,18H,1-2H3. The Balaban J connectivity index is 2.41. The monoisotopic (exact) mass is 324 g/mol. The molecule has 2 aromatic carbocycles. The molecule has 0 saturated carbocycles. The third kappa shape index (κ3) is 2.96. The minimum atomic E-state index is -0.880. The van der Waals surface area contributed by atoms with Gasteiger partial charge in [0.05, 0.1) is 7.11 Å². The second kappa shape index (κ2) is 5.72. The Kier molecular flexibility index (Phi) is 4.22. The van der Waals surface area contributed by atoms with Crippen LogP contribution in [-0.2, 0) is 0 Å². The average molecular weight is 325 g/mol. The number of benzene rings is 2. The number of aliphatic hydroxyl groups excluding tert-OH is 1. The van der Waals surface area contributed by atoms with Gasteiger partial charge >= 0.3 is 0 Å². The van der Waals surface area contributed by atoms with E-state index >= 15 is 0 Å². The molecule has 4 heteroatoms. The third-order valence-corrected chi connectivity index (χ3v) is 3.66. The van der Waals surface area contributed by atoms with Crippen LogP contribution in [0.1, 0.15) is 22.8 Å². The van der Waals surface area contributed by atoms with Crippen LogP contribution in [0.5, 0.6) is 5.75 Å². The van der Waals surface area contributed by atoms with Gasteiger partial charge in [-0.3, -0.25) is 0 Å². The first-order valence-corrected chi connectivity index (χ1v) is 6.59. The largest absolute Gasteiger partial charge is 0.494 e. The van der Waals surface area contributed by atoms with E-state index in [1.54, 1.807) is 6.07 Å². The summed E-state index contributed by atoms with van der Waals surface area (Å²) in [6, 6.07) is 10.1. The van der Waals surface area contributed by atoms with Gasteiger partial charge in [-0.2, -0.15) is 0 Å². The van der Waals surface area contributed by atoms with E-state index < -0.39 is 11.9 Å². The van der Waals surface area contributed by atoms with Gasteiger partial charge in [-0.15, -0.1) is 0 Å². The molecule has 0 spiro atoms. The molecule has 0 aliphatic heterocycles. The number of rotatable bonds is 3. The number of hydrogen-bond donors (Lipinski definition) is 1. The van der Waals surface area contributed by atoms with Gasteiger partial charge < -0.3 is 9.84 Å². The molecular weight excluding hydrogens is 311 g/mol. The summed E-state index contributed by atoms with van der Waals surface area (Å²) >= 11 is 3.40. The first-order chi connectivity index (χ1) is 9.02. The fourth-order valence-corrected chi connectivity index (χ4v) is 2.37. The van der Waals surface area contributed by atoms with E-state index in [4.69, 9.17) is 4.74 Å². The highest BCUT2D eigenvalue weighted by molar-refractivity contribution is 9.10. The van der Waals surface area contributed by atoms with Crippen molar-refractivity contribution >= 4 is 15.9 Å². The molecule has 2 rings (SSSR count). The summed E-state index contributed by atoms with van der Waals surface area (Å²) in [4.78, 5) is 0. The maximum atomic E-state index is 13.7. The molecule has 1 unspecified atom stereocenters. The lowest BCUT2D eigenvalue weighted by Gasteiger charge is -2.15. The summed E-state index contributed by atoms with van der Waals surface area (Å²) in [6.07, 6.45) is -0.880. The Hall–Kier alpha value is -1.39. The Morgan fingerprint density at radius 3 is 2.58 bits per heavy atom. The Morgan fingerprint density at radius 1 is 1.21 bits per heavy atom. The van der Waals surface area contributed by atoms with Gasteiger partial charge in [0.25, 0.3) is 0 Å². The highest BCUT2D eigenvalue weighted by atomic mass is 79.9. The number of hydrogen-bond acceptors (Lipinski definition) is 2. The lowest BCUT2D eigenvalue weighted by molar-refractivity contribution is 0.218. The second-order valence-electron chi connectivity index (χ2n) is 4.32. The van der Waals surface area contributed by atoms with E-state index in [0.717, 1.165) is 10.0 Å². The first-order valence-electron chi connectivity index (χ1n) is 5.80. The Bertz CT molecular complexity index is 599. The summed E-state index contributed by atoms with van der Waals surface area (Å²) in [7, 11) is 1.41. The number of halogens is 2. The van der Waals surface area contributed by atoms with Crippen LogP contribution in [0.25, 0.3) is 0 Å². The fraction of sp³-hybridized carbons (Fsp3) is 0.200. The number of methoxy groups -OCH3 is 1. The molecular formula is C15H14BrFO2. The van der Waals surface area contributed by atoms with Gasteiger partial charge in [0, 0.05) is 4.47 Å². The van der Waals surface area contributed by atoms with Crippen LogP contribution in [0.15, 0.2) is 40.9 Å². The van der Waals surface area contributed by atoms with Crippen LogP contribution in [0.2, 0.25) is 0 Å². The van der Waals surface area contributed by atoms with Crippen LogP contribution < -0.4 is 4.74 Å². The van der Waals surface area contributed by atoms with Crippen molar-refractivity contribution in [3.05, 3.63) is 63.4 Å². The zero-order valence-electron chi connectivity index (χ0n) is 10.7. The normalized spacial score (nSPS) is 12.3. The van der Waals surface area contributed by atoms with Crippen molar-refractivity contribution in [1.29, 1.82) is 0 Å². The van der Waals surface area contributed by atoms with E-state index in [9.17, 15) is 9.50 Å². The smallest absolute Gasteiger partial charge is 0.165 e. The molecule has 0 aliphatic rings. The third-order valence-electron chi connectivity index (χ3n) is 2.94. The van der Waals surface area contributed by atoms with Crippen molar-refractivity contribution in [2.45, 2.75) is 13.0 Å². The Morgan fingerprint density at radius 2 is 1.95 bits per heavy atom. The highest BCUT2D eigenvalue weighted by Gasteiger charge is 2.16. The SMILES string of the molecule is COc1ccc(C(O)c2cc(C)ccc2Br)cc1F.